The van der Waals surface area contributed by atoms with Crippen LogP contribution in [0.25, 0.3) is 0 Å². The number of halogens is 2. The third-order valence-corrected chi connectivity index (χ3v) is 5.96. The van der Waals surface area contributed by atoms with Gasteiger partial charge in [-0.1, -0.05) is 6.07 Å². The number of rotatable bonds is 5. The minimum atomic E-state index is -0.806. The highest BCUT2D eigenvalue weighted by molar-refractivity contribution is 5.97. The van der Waals surface area contributed by atoms with Crippen molar-refractivity contribution in [1.29, 1.82) is 0 Å². The summed E-state index contributed by atoms with van der Waals surface area (Å²) in [5.74, 6) is -1.43. The summed E-state index contributed by atoms with van der Waals surface area (Å²) in [5, 5.41) is 4.19. The highest BCUT2D eigenvalue weighted by Crippen LogP contribution is 2.24. The van der Waals surface area contributed by atoms with Gasteiger partial charge in [0.1, 0.15) is 0 Å². The first-order valence-corrected chi connectivity index (χ1v) is 10.2. The minimum absolute atomic E-state index is 0.0719. The first-order chi connectivity index (χ1) is 14.0. The molecule has 156 valence electrons. The van der Waals surface area contributed by atoms with Gasteiger partial charge >= 0.3 is 0 Å². The van der Waals surface area contributed by atoms with E-state index in [2.05, 4.69) is 14.9 Å². The maximum absolute atomic E-state index is 13.4. The van der Waals surface area contributed by atoms with Crippen LogP contribution in [0.5, 0.6) is 0 Å². The predicted molar refractivity (Wildman–Crippen MR) is 107 cm³/mol. The molecule has 2 saturated heterocycles. The summed E-state index contributed by atoms with van der Waals surface area (Å²) in [6.07, 6.45) is 6.20. The molecule has 6 nitrogen and oxygen atoms in total. The number of anilines is 1. The molecule has 2 aromatic rings. The molecule has 0 bridgehead atoms. The zero-order valence-corrected chi connectivity index (χ0v) is 16.7. The Kier molecular flexibility index (Phi) is 5.91. The Bertz CT molecular complexity index is 863. The lowest BCUT2D eigenvalue weighted by molar-refractivity contribution is -0.126. The van der Waals surface area contributed by atoms with Crippen molar-refractivity contribution in [3.05, 3.63) is 47.8 Å². The second-order valence-corrected chi connectivity index (χ2v) is 7.90. The largest absolute Gasteiger partial charge is 0.308 e. The van der Waals surface area contributed by atoms with Crippen LogP contribution in [0.15, 0.2) is 30.6 Å². The van der Waals surface area contributed by atoms with E-state index in [4.69, 9.17) is 0 Å². The maximum Gasteiger partial charge on any atom is 0.244 e. The number of nitrogens with zero attached hydrogens (tertiary/aromatic N) is 5. The van der Waals surface area contributed by atoms with Crippen LogP contribution in [0.2, 0.25) is 0 Å². The highest BCUT2D eigenvalue weighted by atomic mass is 19.2. The molecule has 4 rings (SSSR count). The van der Waals surface area contributed by atoms with E-state index < -0.39 is 11.6 Å². The average molecular weight is 403 g/mol. The summed E-state index contributed by atoms with van der Waals surface area (Å²) in [7, 11) is 1.86. The van der Waals surface area contributed by atoms with Gasteiger partial charge in [0.25, 0.3) is 0 Å². The summed E-state index contributed by atoms with van der Waals surface area (Å²) in [6, 6.07) is 4.03. The second kappa shape index (κ2) is 8.59. The summed E-state index contributed by atoms with van der Waals surface area (Å²) < 4.78 is 28.1. The monoisotopic (exact) mass is 403 g/mol. The summed E-state index contributed by atoms with van der Waals surface area (Å²) in [5.41, 5.74) is 1.67. The Balaban J connectivity index is 1.29. The number of benzene rings is 1. The molecule has 1 aromatic heterocycles. The summed E-state index contributed by atoms with van der Waals surface area (Å²) >= 11 is 0. The quantitative estimate of drug-likeness (QED) is 0.767. The van der Waals surface area contributed by atoms with E-state index in [9.17, 15) is 13.6 Å². The van der Waals surface area contributed by atoms with Gasteiger partial charge in [0.2, 0.25) is 5.91 Å². The molecule has 1 amide bonds. The Morgan fingerprint density at radius 3 is 2.59 bits per heavy atom. The molecular formula is C21H27F2N5O. The van der Waals surface area contributed by atoms with Crippen molar-refractivity contribution in [2.24, 2.45) is 7.05 Å². The van der Waals surface area contributed by atoms with Crippen LogP contribution in [0, 0.1) is 11.6 Å². The molecule has 1 unspecified atom stereocenters. The zero-order valence-electron chi connectivity index (χ0n) is 16.7. The fraction of sp³-hybridized carbons (Fsp3) is 0.524. The fourth-order valence-corrected chi connectivity index (χ4v) is 4.28. The topological polar surface area (TPSA) is 44.6 Å². The smallest absolute Gasteiger partial charge is 0.244 e. The summed E-state index contributed by atoms with van der Waals surface area (Å²) in [4.78, 5) is 19.5. The lowest BCUT2D eigenvalue weighted by atomic mass is 10.0. The number of piperazine rings is 1. The molecule has 0 radical (unpaired) electrons. The van der Waals surface area contributed by atoms with Crippen LogP contribution in [0.3, 0.4) is 0 Å². The van der Waals surface area contributed by atoms with Gasteiger partial charge in [-0.25, -0.2) is 8.78 Å². The van der Waals surface area contributed by atoms with Crippen molar-refractivity contribution in [3.63, 3.8) is 0 Å². The second-order valence-electron chi connectivity index (χ2n) is 7.90. The summed E-state index contributed by atoms with van der Waals surface area (Å²) in [6.45, 7) is 4.99. The van der Waals surface area contributed by atoms with Crippen molar-refractivity contribution in [3.8, 4) is 0 Å². The Labute approximate surface area is 169 Å². The normalized spacial score (nSPS) is 21.7. The van der Waals surface area contributed by atoms with E-state index in [0.29, 0.717) is 6.42 Å². The Morgan fingerprint density at radius 1 is 1.10 bits per heavy atom. The zero-order chi connectivity index (χ0) is 20.4. The molecule has 0 N–H and O–H groups in total. The molecule has 2 aliphatic heterocycles. The standard InChI is InChI=1S/C21H27F2N5O/c1-25-15-17(14-24-25)28-7-2-3-20(21(28)29)27-11-9-26(10-12-27)8-6-16-4-5-18(22)19(23)13-16/h4-5,13-15,20H,2-3,6-12H2,1H3. The van der Waals surface area contributed by atoms with Crippen LogP contribution in [0.1, 0.15) is 18.4 Å². The van der Waals surface area contributed by atoms with Gasteiger partial charge in [-0.3, -0.25) is 14.4 Å². The maximum atomic E-state index is 13.4. The van der Waals surface area contributed by atoms with Crippen LogP contribution < -0.4 is 4.90 Å². The van der Waals surface area contributed by atoms with Gasteiger partial charge in [-0.2, -0.15) is 5.10 Å². The van der Waals surface area contributed by atoms with E-state index in [1.54, 1.807) is 16.9 Å². The molecule has 1 atom stereocenters. The van der Waals surface area contributed by atoms with Crippen molar-refractivity contribution in [2.75, 3.05) is 44.2 Å². The van der Waals surface area contributed by atoms with Crippen molar-refractivity contribution in [2.45, 2.75) is 25.3 Å². The van der Waals surface area contributed by atoms with Gasteiger partial charge < -0.3 is 9.80 Å². The number of aromatic nitrogens is 2. The van der Waals surface area contributed by atoms with Crippen LogP contribution >= 0.6 is 0 Å². The molecule has 8 heteroatoms. The lowest BCUT2D eigenvalue weighted by Crippen LogP contribution is -2.57. The molecule has 2 aliphatic rings. The molecule has 2 fully saturated rings. The van der Waals surface area contributed by atoms with Crippen molar-refractivity contribution in [1.82, 2.24) is 19.6 Å². The average Bonchev–Trinajstić information content (AvgIpc) is 3.15. The van der Waals surface area contributed by atoms with Crippen LogP contribution in [-0.2, 0) is 18.3 Å². The lowest BCUT2D eigenvalue weighted by Gasteiger charge is -2.42. The fourth-order valence-electron chi connectivity index (χ4n) is 4.28. The Morgan fingerprint density at radius 2 is 1.90 bits per heavy atom. The van der Waals surface area contributed by atoms with Gasteiger partial charge in [0, 0.05) is 52.5 Å². The van der Waals surface area contributed by atoms with Crippen LogP contribution in [-0.4, -0.2) is 70.8 Å². The minimum Gasteiger partial charge on any atom is -0.308 e. The molecule has 0 aliphatic carbocycles. The van der Waals surface area contributed by atoms with Gasteiger partial charge in [-0.05, 0) is 37.0 Å². The number of hydrogen-bond acceptors (Lipinski definition) is 4. The van der Waals surface area contributed by atoms with Gasteiger partial charge in [0.05, 0.1) is 17.9 Å². The van der Waals surface area contributed by atoms with E-state index in [0.717, 1.165) is 63.4 Å². The van der Waals surface area contributed by atoms with Crippen molar-refractivity contribution >= 4 is 11.6 Å². The number of piperidine rings is 1. The Hall–Kier alpha value is -2.32. The van der Waals surface area contributed by atoms with Crippen LogP contribution in [0.4, 0.5) is 14.5 Å². The van der Waals surface area contributed by atoms with E-state index >= 15 is 0 Å². The number of hydrogen-bond donors (Lipinski definition) is 0. The third kappa shape index (κ3) is 4.48. The van der Waals surface area contributed by atoms with Crippen molar-refractivity contribution < 1.29 is 13.6 Å². The number of amides is 1. The van der Waals surface area contributed by atoms with E-state index in [1.165, 1.54) is 12.1 Å². The number of carbonyl (C=O) groups is 1. The molecular weight excluding hydrogens is 376 g/mol. The SMILES string of the molecule is Cn1cc(N2CCCC(N3CCN(CCc4ccc(F)c(F)c4)CC3)C2=O)cn1. The van der Waals surface area contributed by atoms with E-state index in [1.807, 2.05) is 18.1 Å². The van der Waals surface area contributed by atoms with Gasteiger partial charge in [-0.15, -0.1) is 0 Å². The molecule has 3 heterocycles. The molecule has 0 saturated carbocycles. The number of carbonyl (C=O) groups excluding carboxylic acids is 1. The molecule has 1 aromatic carbocycles. The molecule has 0 spiro atoms. The first kappa shape index (κ1) is 20.0. The van der Waals surface area contributed by atoms with Gasteiger partial charge in [0.15, 0.2) is 11.6 Å². The molecule has 29 heavy (non-hydrogen) atoms. The number of aryl methyl sites for hydroxylation is 1. The highest BCUT2D eigenvalue weighted by Gasteiger charge is 2.35. The predicted octanol–water partition coefficient (Wildman–Crippen LogP) is 2.05. The third-order valence-electron chi connectivity index (χ3n) is 5.96. The van der Waals surface area contributed by atoms with E-state index in [-0.39, 0.29) is 11.9 Å². The first-order valence-electron chi connectivity index (χ1n) is 10.2.